The van der Waals surface area contributed by atoms with Gasteiger partial charge in [0.25, 0.3) is 6.33 Å². The largest absolute Gasteiger partial charge is 0.458 e. The molecule has 0 atom stereocenters. The number of hydrogen-bond donors (Lipinski definition) is 0. The van der Waals surface area contributed by atoms with Crippen molar-refractivity contribution in [1.82, 2.24) is 14.1 Å². The number of fused-ring (bicyclic) bond motifs is 3. The third kappa shape index (κ3) is 7.02. The van der Waals surface area contributed by atoms with E-state index in [1.54, 1.807) is 0 Å². The predicted octanol–water partition coefficient (Wildman–Crippen LogP) is 12.8. The smallest absolute Gasteiger partial charge is 0.268 e. The summed E-state index contributed by atoms with van der Waals surface area (Å²) in [4.78, 5) is 4.87. The molecule has 9 rings (SSSR count). The number of nitrogens with zero attached hydrogens (tertiary/aromatic N) is 4. The summed E-state index contributed by atoms with van der Waals surface area (Å²) in [6, 6.07) is 53.5. The van der Waals surface area contributed by atoms with Gasteiger partial charge in [-0.2, -0.15) is 0 Å². The Kier molecular flexibility index (Phi) is 8.89. The first kappa shape index (κ1) is 35.9. The monoisotopic (exact) mass is 742 g/mol. The first-order valence-electron chi connectivity index (χ1n) is 19.6. The van der Waals surface area contributed by atoms with Crippen LogP contribution >= 0.6 is 0 Å². The summed E-state index contributed by atoms with van der Waals surface area (Å²) in [5.41, 5.74) is 11.1. The van der Waals surface area contributed by atoms with Gasteiger partial charge >= 0.3 is 0 Å². The highest BCUT2D eigenvalue weighted by Gasteiger charge is 2.20. The van der Waals surface area contributed by atoms with Crippen LogP contribution in [0.3, 0.4) is 0 Å². The molecule has 0 aliphatic heterocycles. The van der Waals surface area contributed by atoms with Crippen LogP contribution in [0.1, 0.15) is 52.7 Å². The predicted molar refractivity (Wildman–Crippen MR) is 233 cm³/mol. The zero-order chi connectivity index (χ0) is 39.3. The van der Waals surface area contributed by atoms with Crippen molar-refractivity contribution >= 4 is 21.8 Å². The number of hydrogen-bond acceptors (Lipinski definition) is 2. The average Bonchev–Trinajstić information content (AvgIpc) is 3.84. The van der Waals surface area contributed by atoms with Crippen LogP contribution < -0.4 is 9.30 Å². The average molecular weight is 743 g/mol. The van der Waals surface area contributed by atoms with E-state index in [2.05, 4.69) is 226 Å². The molecule has 0 unspecified atom stereocenters. The van der Waals surface area contributed by atoms with E-state index in [-0.39, 0.29) is 10.8 Å². The second-order valence-corrected chi connectivity index (χ2v) is 16.9. The molecule has 0 radical (unpaired) electrons. The Bertz CT molecular complexity index is 2890. The first-order chi connectivity index (χ1) is 27.5. The number of rotatable bonds is 7. The van der Waals surface area contributed by atoms with Gasteiger partial charge in [0.2, 0.25) is 0 Å². The van der Waals surface area contributed by atoms with E-state index in [0.717, 1.165) is 56.2 Å². The highest BCUT2D eigenvalue weighted by Crippen LogP contribution is 2.37. The molecule has 0 fully saturated rings. The standard InChI is InChI=1S/C52H46N4O/c1-51(2,3)39-25-26-53-50(32-39)56-48-20-14-13-19-44(48)45-23-22-42(34-49(45)56)57-43-31-40(52(4,5)6)30-41(33-43)54-27-28-55(35-54)47-24-21-38(36-15-9-7-10-16-36)29-46(47)37-17-11-8-12-18-37/h7-34H,1-6H3. The third-order valence-electron chi connectivity index (χ3n) is 10.8. The molecule has 0 amide bonds. The van der Waals surface area contributed by atoms with Crippen molar-refractivity contribution in [3.63, 3.8) is 0 Å². The summed E-state index contributed by atoms with van der Waals surface area (Å²) in [7, 11) is 0. The van der Waals surface area contributed by atoms with Gasteiger partial charge in [-0.25, -0.2) is 4.98 Å². The van der Waals surface area contributed by atoms with Crippen LogP contribution in [0.5, 0.6) is 11.5 Å². The van der Waals surface area contributed by atoms with Gasteiger partial charge in [-0.05, 0) is 105 Å². The molecule has 280 valence electrons. The molecule has 57 heavy (non-hydrogen) atoms. The second kappa shape index (κ2) is 14.1. The van der Waals surface area contributed by atoms with Crippen molar-refractivity contribution in [3.05, 3.63) is 188 Å². The van der Waals surface area contributed by atoms with Crippen molar-refractivity contribution in [2.75, 3.05) is 0 Å². The molecule has 5 nitrogen and oxygen atoms in total. The Morgan fingerprint density at radius 1 is 0.561 bits per heavy atom. The molecule has 3 heterocycles. The van der Waals surface area contributed by atoms with Crippen LogP contribution in [0.2, 0.25) is 0 Å². The second-order valence-electron chi connectivity index (χ2n) is 16.9. The highest BCUT2D eigenvalue weighted by atomic mass is 16.5. The summed E-state index contributed by atoms with van der Waals surface area (Å²) in [5.74, 6) is 2.41. The van der Waals surface area contributed by atoms with E-state index < -0.39 is 0 Å². The van der Waals surface area contributed by atoms with Gasteiger partial charge in [-0.15, -0.1) is 0 Å². The van der Waals surface area contributed by atoms with Gasteiger partial charge in [-0.3, -0.25) is 13.7 Å². The SMILES string of the molecule is CC(C)(C)c1cc(Oc2ccc3c4ccccc4n(-c4cc(C(C)(C)C)ccn4)c3c2)cc(-n2[c-][n+](-c3ccc(-c4ccccc4)cc3-c3ccccc3)cc2)c1. The number of para-hydroxylation sites is 1. The summed E-state index contributed by atoms with van der Waals surface area (Å²) in [6.07, 6.45) is 9.69. The molecule has 0 N–H and O–H groups in total. The van der Waals surface area contributed by atoms with Gasteiger partial charge in [0.05, 0.1) is 22.4 Å². The molecule has 6 aromatic carbocycles. The fourth-order valence-corrected chi connectivity index (χ4v) is 7.62. The van der Waals surface area contributed by atoms with Crippen LogP contribution in [0.25, 0.3) is 61.3 Å². The highest BCUT2D eigenvalue weighted by molar-refractivity contribution is 6.09. The molecule has 0 spiro atoms. The van der Waals surface area contributed by atoms with Crippen LogP contribution in [0.15, 0.2) is 170 Å². The lowest BCUT2D eigenvalue weighted by atomic mass is 9.86. The number of imidazole rings is 1. The van der Waals surface area contributed by atoms with Crippen LogP contribution in [-0.2, 0) is 10.8 Å². The van der Waals surface area contributed by atoms with E-state index >= 15 is 0 Å². The van der Waals surface area contributed by atoms with E-state index in [0.29, 0.717) is 0 Å². The minimum Gasteiger partial charge on any atom is -0.458 e. The van der Waals surface area contributed by atoms with Crippen molar-refractivity contribution in [1.29, 1.82) is 0 Å². The molecule has 9 aromatic rings. The van der Waals surface area contributed by atoms with Crippen molar-refractivity contribution in [2.45, 2.75) is 52.4 Å². The number of ether oxygens (including phenoxy) is 1. The maximum atomic E-state index is 6.81. The zero-order valence-corrected chi connectivity index (χ0v) is 33.4. The fraction of sp³-hybridized carbons (Fsp3) is 0.154. The molecule has 5 heteroatoms. The van der Waals surface area contributed by atoms with Gasteiger partial charge in [-0.1, -0.05) is 126 Å². The maximum absolute atomic E-state index is 6.81. The van der Waals surface area contributed by atoms with Crippen molar-refractivity contribution in [2.24, 2.45) is 0 Å². The molecular weight excluding hydrogens is 697 g/mol. The lowest BCUT2D eigenvalue weighted by Gasteiger charge is -2.22. The number of aromatic nitrogens is 4. The van der Waals surface area contributed by atoms with Gasteiger partial charge in [0, 0.05) is 35.4 Å². The number of pyridine rings is 1. The number of benzene rings is 6. The molecule has 0 aliphatic rings. The minimum atomic E-state index is -0.120. The van der Waals surface area contributed by atoms with E-state index in [1.165, 1.54) is 27.6 Å². The third-order valence-corrected chi connectivity index (χ3v) is 10.8. The Hall–Kier alpha value is -6.72. The lowest BCUT2D eigenvalue weighted by Crippen LogP contribution is -2.29. The van der Waals surface area contributed by atoms with Crippen LogP contribution in [0.4, 0.5) is 0 Å². The molecule has 0 bridgehead atoms. The van der Waals surface area contributed by atoms with Crippen molar-refractivity contribution < 1.29 is 9.30 Å². The molecule has 0 saturated carbocycles. The Morgan fingerprint density at radius 2 is 1.26 bits per heavy atom. The van der Waals surface area contributed by atoms with E-state index in [1.807, 2.05) is 6.20 Å². The fourth-order valence-electron chi connectivity index (χ4n) is 7.62. The maximum Gasteiger partial charge on any atom is 0.268 e. The molecular formula is C52H46N4O. The Balaban J connectivity index is 1.11. The quantitative estimate of drug-likeness (QED) is 0.120. The van der Waals surface area contributed by atoms with Gasteiger partial charge < -0.3 is 4.74 Å². The summed E-state index contributed by atoms with van der Waals surface area (Å²) >= 11 is 0. The van der Waals surface area contributed by atoms with E-state index in [9.17, 15) is 0 Å². The molecule has 0 aliphatic carbocycles. The van der Waals surface area contributed by atoms with Crippen LogP contribution in [0, 0.1) is 6.33 Å². The van der Waals surface area contributed by atoms with Crippen LogP contribution in [-0.4, -0.2) is 14.1 Å². The Labute approximate surface area is 335 Å². The zero-order valence-electron chi connectivity index (χ0n) is 33.4. The molecule has 3 aromatic heterocycles. The summed E-state index contributed by atoms with van der Waals surface area (Å²) < 4.78 is 13.2. The lowest BCUT2D eigenvalue weighted by molar-refractivity contribution is -0.598. The van der Waals surface area contributed by atoms with Crippen molar-refractivity contribution in [3.8, 4) is 50.9 Å². The molecule has 0 saturated heterocycles. The normalized spacial score (nSPS) is 12.0. The Morgan fingerprint density at radius 3 is 2.02 bits per heavy atom. The van der Waals surface area contributed by atoms with Gasteiger partial charge in [0.15, 0.2) is 0 Å². The summed E-state index contributed by atoms with van der Waals surface area (Å²) in [6.45, 7) is 13.4. The topological polar surface area (TPSA) is 35.9 Å². The van der Waals surface area contributed by atoms with Gasteiger partial charge in [0.1, 0.15) is 17.3 Å². The van der Waals surface area contributed by atoms with E-state index in [4.69, 9.17) is 9.72 Å². The minimum absolute atomic E-state index is 0.00586. The summed E-state index contributed by atoms with van der Waals surface area (Å²) in [5, 5.41) is 2.34. The first-order valence-corrected chi connectivity index (χ1v) is 19.6.